The van der Waals surface area contributed by atoms with Gasteiger partial charge >= 0.3 is 7.82 Å². The summed E-state index contributed by atoms with van der Waals surface area (Å²) in [5.41, 5.74) is 6.29. The minimum absolute atomic E-state index is 0.139. The molecular formula is C12H17N6O7P. The van der Waals surface area contributed by atoms with E-state index >= 15 is 0 Å². The zero-order valence-corrected chi connectivity index (χ0v) is 14.4. The Kier molecular flexibility index (Phi) is 5.18. The Labute approximate surface area is 146 Å². The Bertz CT molecular complexity index is 860. The van der Waals surface area contributed by atoms with E-state index in [1.54, 1.807) is 0 Å². The largest absolute Gasteiger partial charge is 0.528 e. The maximum atomic E-state index is 11.9. The number of nitrogens with zero attached hydrogens (tertiary/aromatic N) is 5. The third kappa shape index (κ3) is 3.40. The fraction of sp³-hybridized carbons (Fsp3) is 0.500. The van der Waals surface area contributed by atoms with Crippen LogP contribution in [0.2, 0.25) is 0 Å². The minimum atomic E-state index is -4.58. The molecule has 1 saturated heterocycles. The molecule has 2 aromatic heterocycles. The molecule has 3 rings (SSSR count). The molecule has 1 aliphatic rings. The Balaban J connectivity index is 1.88. The van der Waals surface area contributed by atoms with Crippen LogP contribution < -0.4 is 5.73 Å². The molecule has 14 heteroatoms. The normalized spacial score (nSPS) is 28.6. The van der Waals surface area contributed by atoms with Crippen LogP contribution in [0.25, 0.3) is 11.2 Å². The molecule has 0 spiro atoms. The van der Waals surface area contributed by atoms with E-state index in [1.807, 2.05) is 0 Å². The molecule has 142 valence electrons. The van der Waals surface area contributed by atoms with Crippen molar-refractivity contribution in [3.63, 3.8) is 0 Å². The smallest absolute Gasteiger partial charge is 0.394 e. The molecule has 1 fully saturated rings. The van der Waals surface area contributed by atoms with Gasteiger partial charge < -0.3 is 25.2 Å². The van der Waals surface area contributed by atoms with Crippen LogP contribution in [-0.4, -0.2) is 73.0 Å². The standard InChI is InChI=1S/C12H17N6O7P/c1-14-5-23-26(21,22)25-9-6(2-19)24-12(8(9)20)18-4-17-7-10(13)15-3-16-11(7)18/h3-6,8-9,12,19-20H,2H2,1H3,(H,21,22)(H2,13,15,16)/t6-,8-,9-,12-/m1/s1. The maximum Gasteiger partial charge on any atom is 0.528 e. The van der Waals surface area contributed by atoms with Crippen molar-refractivity contribution < 1.29 is 33.5 Å². The van der Waals surface area contributed by atoms with Crippen LogP contribution in [0.3, 0.4) is 0 Å². The van der Waals surface area contributed by atoms with Crippen molar-refractivity contribution in [2.45, 2.75) is 24.5 Å². The van der Waals surface area contributed by atoms with Gasteiger partial charge in [-0.25, -0.2) is 19.5 Å². The molecule has 2 aromatic rings. The number of fused-ring (bicyclic) bond motifs is 1. The van der Waals surface area contributed by atoms with Gasteiger partial charge in [0.05, 0.1) is 12.9 Å². The second-order valence-electron chi connectivity index (χ2n) is 5.33. The van der Waals surface area contributed by atoms with E-state index in [-0.39, 0.29) is 11.5 Å². The molecule has 3 heterocycles. The zero-order chi connectivity index (χ0) is 18.9. The van der Waals surface area contributed by atoms with Gasteiger partial charge in [-0.15, -0.1) is 0 Å². The molecule has 0 radical (unpaired) electrons. The van der Waals surface area contributed by atoms with Crippen LogP contribution in [0.15, 0.2) is 17.6 Å². The van der Waals surface area contributed by atoms with Crippen molar-refractivity contribution in [3.05, 3.63) is 12.7 Å². The predicted octanol–water partition coefficient (Wildman–Crippen LogP) is -1.18. The fourth-order valence-electron chi connectivity index (χ4n) is 2.57. The fourth-order valence-corrected chi connectivity index (χ4v) is 3.40. The summed E-state index contributed by atoms with van der Waals surface area (Å²) in [5, 5.41) is 20.0. The number of phosphoric ester groups is 1. The third-order valence-corrected chi connectivity index (χ3v) is 4.56. The van der Waals surface area contributed by atoms with Crippen LogP contribution in [0.4, 0.5) is 5.82 Å². The molecule has 1 aliphatic heterocycles. The number of imidazole rings is 1. The Morgan fingerprint density at radius 3 is 2.96 bits per heavy atom. The van der Waals surface area contributed by atoms with Crippen molar-refractivity contribution in [2.75, 3.05) is 19.4 Å². The van der Waals surface area contributed by atoms with Gasteiger partial charge in [-0.2, -0.15) is 0 Å². The first-order chi connectivity index (χ1) is 12.4. The maximum absolute atomic E-state index is 11.9. The quantitative estimate of drug-likeness (QED) is 0.265. The summed E-state index contributed by atoms with van der Waals surface area (Å²) in [5.74, 6) is 0.139. The van der Waals surface area contributed by atoms with Gasteiger partial charge in [0.25, 0.3) is 0 Å². The van der Waals surface area contributed by atoms with Crippen LogP contribution in [-0.2, 0) is 18.3 Å². The predicted molar refractivity (Wildman–Crippen MR) is 86.9 cm³/mol. The first-order valence-corrected chi connectivity index (χ1v) is 8.85. The molecule has 0 amide bonds. The molecule has 5 N–H and O–H groups in total. The average molecular weight is 388 g/mol. The van der Waals surface area contributed by atoms with Crippen molar-refractivity contribution in [1.82, 2.24) is 19.5 Å². The summed E-state index contributed by atoms with van der Waals surface area (Å²) in [4.78, 5) is 25.0. The van der Waals surface area contributed by atoms with Gasteiger partial charge in [0, 0.05) is 7.05 Å². The van der Waals surface area contributed by atoms with Crippen LogP contribution in [0.5, 0.6) is 0 Å². The first-order valence-electron chi connectivity index (χ1n) is 7.35. The van der Waals surface area contributed by atoms with Gasteiger partial charge in [0.1, 0.15) is 30.2 Å². The van der Waals surface area contributed by atoms with Gasteiger partial charge in [0.15, 0.2) is 24.1 Å². The topological polar surface area (TPSA) is 187 Å². The lowest BCUT2D eigenvalue weighted by Gasteiger charge is -2.21. The molecular weight excluding hydrogens is 371 g/mol. The lowest BCUT2D eigenvalue weighted by molar-refractivity contribution is -0.0509. The number of phosphoric acid groups is 1. The zero-order valence-electron chi connectivity index (χ0n) is 13.5. The summed E-state index contributed by atoms with van der Waals surface area (Å²) in [6, 6.07) is 0. The van der Waals surface area contributed by atoms with Crippen LogP contribution in [0.1, 0.15) is 6.23 Å². The summed E-state index contributed by atoms with van der Waals surface area (Å²) < 4.78 is 28.3. The van der Waals surface area contributed by atoms with Crippen molar-refractivity contribution in [1.29, 1.82) is 0 Å². The summed E-state index contributed by atoms with van der Waals surface area (Å²) in [6.45, 7) is -0.580. The number of aromatic nitrogens is 4. The second kappa shape index (κ2) is 7.23. The number of hydrogen-bond donors (Lipinski definition) is 4. The Morgan fingerprint density at radius 2 is 2.27 bits per heavy atom. The van der Waals surface area contributed by atoms with E-state index in [4.69, 9.17) is 15.0 Å². The van der Waals surface area contributed by atoms with E-state index in [2.05, 4.69) is 24.5 Å². The number of anilines is 1. The van der Waals surface area contributed by atoms with Crippen molar-refractivity contribution in [3.8, 4) is 0 Å². The van der Waals surface area contributed by atoms with E-state index in [1.165, 1.54) is 24.3 Å². The van der Waals surface area contributed by atoms with E-state index in [9.17, 15) is 19.7 Å². The van der Waals surface area contributed by atoms with Crippen LogP contribution >= 0.6 is 7.82 Å². The van der Waals surface area contributed by atoms with Gasteiger partial charge in [-0.3, -0.25) is 19.0 Å². The molecule has 5 atom stereocenters. The van der Waals surface area contributed by atoms with Crippen molar-refractivity contribution in [2.24, 2.45) is 4.99 Å². The monoisotopic (exact) mass is 388 g/mol. The van der Waals surface area contributed by atoms with Gasteiger partial charge in [-0.05, 0) is 0 Å². The number of aliphatic hydroxyl groups is 2. The molecule has 0 saturated carbocycles. The van der Waals surface area contributed by atoms with Crippen LogP contribution in [0, 0.1) is 0 Å². The lowest BCUT2D eigenvalue weighted by Crippen LogP contribution is -2.35. The van der Waals surface area contributed by atoms with E-state index < -0.39 is 39.0 Å². The van der Waals surface area contributed by atoms with Gasteiger partial charge in [-0.1, -0.05) is 0 Å². The summed E-state index contributed by atoms with van der Waals surface area (Å²) in [7, 11) is -3.25. The Hall–Kier alpha value is -2.15. The molecule has 13 nitrogen and oxygen atoms in total. The molecule has 0 aromatic carbocycles. The second-order valence-corrected chi connectivity index (χ2v) is 6.69. The highest BCUT2D eigenvalue weighted by Crippen LogP contribution is 2.48. The number of rotatable bonds is 6. The van der Waals surface area contributed by atoms with Gasteiger partial charge in [0.2, 0.25) is 0 Å². The first kappa shape index (κ1) is 18.6. The lowest BCUT2D eigenvalue weighted by atomic mass is 10.1. The highest BCUT2D eigenvalue weighted by Gasteiger charge is 2.49. The molecule has 1 unspecified atom stereocenters. The SMILES string of the molecule is CN=COP(=O)(O)O[C@H]1[C@@H](O)[C@H](n2cnc3c(N)ncnc32)O[C@@H]1CO. The third-order valence-electron chi connectivity index (χ3n) is 3.69. The number of aliphatic hydroxyl groups excluding tert-OH is 2. The molecule has 0 bridgehead atoms. The number of nitrogens with two attached hydrogens (primary N) is 1. The summed E-state index contributed by atoms with van der Waals surface area (Å²) >= 11 is 0. The highest BCUT2D eigenvalue weighted by atomic mass is 31.2. The van der Waals surface area contributed by atoms with E-state index in [0.717, 1.165) is 6.40 Å². The number of hydrogen-bond acceptors (Lipinski definition) is 11. The average Bonchev–Trinajstić information content (AvgIpc) is 3.16. The number of nitrogen functional groups attached to an aromatic ring is 1. The molecule has 0 aliphatic carbocycles. The Morgan fingerprint density at radius 1 is 1.50 bits per heavy atom. The van der Waals surface area contributed by atoms with E-state index in [0.29, 0.717) is 5.52 Å². The minimum Gasteiger partial charge on any atom is -0.394 e. The number of aliphatic imine (C=N–C) groups is 1. The highest BCUT2D eigenvalue weighted by molar-refractivity contribution is 7.47. The molecule has 26 heavy (non-hydrogen) atoms. The van der Waals surface area contributed by atoms with Crippen molar-refractivity contribution >= 4 is 31.2 Å². The number of ether oxygens (including phenoxy) is 1. The summed E-state index contributed by atoms with van der Waals surface area (Å²) in [6.07, 6.45) is -1.73.